The minimum atomic E-state index is -0.208. The van der Waals surface area contributed by atoms with Crippen LogP contribution < -0.4 is 5.32 Å². The van der Waals surface area contributed by atoms with E-state index in [-0.39, 0.29) is 11.8 Å². The highest BCUT2D eigenvalue weighted by Gasteiger charge is 2.22. The zero-order chi connectivity index (χ0) is 14.9. The van der Waals surface area contributed by atoms with E-state index in [2.05, 4.69) is 15.5 Å². The molecular weight excluding hydrogens is 254 g/mol. The molecule has 0 aliphatic carbocycles. The van der Waals surface area contributed by atoms with Gasteiger partial charge in [0.1, 0.15) is 0 Å². The van der Waals surface area contributed by atoms with Gasteiger partial charge in [0, 0.05) is 43.7 Å². The smallest absolute Gasteiger partial charge is 0.227 e. The predicted octanol–water partition coefficient (Wildman–Crippen LogP) is 1.19. The molecular formula is C14H21N5O. The molecule has 0 spiro atoms. The van der Waals surface area contributed by atoms with Crippen LogP contribution in [0.25, 0.3) is 0 Å². The lowest BCUT2D eigenvalue weighted by Crippen LogP contribution is -2.28. The third-order valence-electron chi connectivity index (χ3n) is 3.62. The lowest BCUT2D eigenvalue weighted by Gasteiger charge is -2.12. The number of carbonyl (C=O) groups is 1. The second-order valence-corrected chi connectivity index (χ2v) is 5.17. The van der Waals surface area contributed by atoms with Gasteiger partial charge < -0.3 is 5.32 Å². The van der Waals surface area contributed by atoms with E-state index in [1.807, 2.05) is 45.7 Å². The lowest BCUT2D eigenvalue weighted by molar-refractivity contribution is -0.122. The van der Waals surface area contributed by atoms with Crippen LogP contribution in [-0.2, 0) is 25.4 Å². The first-order valence-corrected chi connectivity index (χ1v) is 6.65. The largest absolute Gasteiger partial charge is 0.351 e. The average molecular weight is 275 g/mol. The molecule has 2 aromatic rings. The van der Waals surface area contributed by atoms with E-state index in [0.29, 0.717) is 6.54 Å². The van der Waals surface area contributed by atoms with Gasteiger partial charge in [-0.25, -0.2) is 0 Å². The Morgan fingerprint density at radius 1 is 1.40 bits per heavy atom. The van der Waals surface area contributed by atoms with Gasteiger partial charge in [0.2, 0.25) is 5.91 Å². The molecule has 2 rings (SSSR count). The fourth-order valence-corrected chi connectivity index (χ4v) is 2.45. The second kappa shape index (κ2) is 5.48. The quantitative estimate of drug-likeness (QED) is 0.911. The SMILES string of the molecule is Cc1nn(C)c(C)c1C(C)C(=O)NCc1cnn(C)c1. The minimum Gasteiger partial charge on any atom is -0.351 e. The van der Waals surface area contributed by atoms with Crippen molar-refractivity contribution in [3.63, 3.8) is 0 Å². The molecule has 108 valence electrons. The van der Waals surface area contributed by atoms with E-state index >= 15 is 0 Å². The Morgan fingerprint density at radius 2 is 2.10 bits per heavy atom. The highest BCUT2D eigenvalue weighted by Crippen LogP contribution is 2.22. The topological polar surface area (TPSA) is 64.7 Å². The normalized spacial score (nSPS) is 12.4. The number of carbonyl (C=O) groups excluding carboxylic acids is 1. The Balaban J connectivity index is 2.05. The molecule has 1 N–H and O–H groups in total. The summed E-state index contributed by atoms with van der Waals surface area (Å²) in [7, 11) is 3.75. The van der Waals surface area contributed by atoms with Gasteiger partial charge in [0.05, 0.1) is 17.8 Å². The summed E-state index contributed by atoms with van der Waals surface area (Å²) >= 11 is 0. The van der Waals surface area contributed by atoms with Crippen LogP contribution in [-0.4, -0.2) is 25.5 Å². The number of aromatic nitrogens is 4. The number of nitrogens with zero attached hydrogens (tertiary/aromatic N) is 4. The highest BCUT2D eigenvalue weighted by molar-refractivity contribution is 5.83. The molecule has 1 unspecified atom stereocenters. The third kappa shape index (κ3) is 2.74. The lowest BCUT2D eigenvalue weighted by atomic mass is 9.98. The molecule has 0 bridgehead atoms. The molecule has 0 saturated carbocycles. The van der Waals surface area contributed by atoms with Crippen LogP contribution in [0.1, 0.15) is 35.4 Å². The van der Waals surface area contributed by atoms with E-state index in [1.54, 1.807) is 10.9 Å². The summed E-state index contributed by atoms with van der Waals surface area (Å²) in [5, 5.41) is 11.4. The zero-order valence-electron chi connectivity index (χ0n) is 12.6. The molecule has 1 amide bonds. The van der Waals surface area contributed by atoms with Gasteiger partial charge in [0.15, 0.2) is 0 Å². The molecule has 0 saturated heterocycles. The summed E-state index contributed by atoms with van der Waals surface area (Å²) < 4.78 is 3.54. The fourth-order valence-electron chi connectivity index (χ4n) is 2.45. The second-order valence-electron chi connectivity index (χ2n) is 5.17. The molecule has 0 radical (unpaired) electrons. The van der Waals surface area contributed by atoms with E-state index in [1.165, 1.54) is 0 Å². The minimum absolute atomic E-state index is 0.00746. The van der Waals surface area contributed by atoms with Crippen molar-refractivity contribution < 1.29 is 4.79 Å². The number of aryl methyl sites for hydroxylation is 3. The third-order valence-corrected chi connectivity index (χ3v) is 3.62. The van der Waals surface area contributed by atoms with Crippen molar-refractivity contribution in [1.29, 1.82) is 0 Å². The predicted molar refractivity (Wildman–Crippen MR) is 76.2 cm³/mol. The van der Waals surface area contributed by atoms with Gasteiger partial charge in [-0.1, -0.05) is 0 Å². The monoisotopic (exact) mass is 275 g/mol. The Bertz CT molecular complexity index is 626. The first-order chi connectivity index (χ1) is 9.40. The van der Waals surface area contributed by atoms with Crippen LogP contribution in [0.4, 0.5) is 0 Å². The van der Waals surface area contributed by atoms with Gasteiger partial charge in [-0.05, 0) is 20.8 Å². The van der Waals surface area contributed by atoms with Crippen LogP contribution in [0.15, 0.2) is 12.4 Å². The van der Waals surface area contributed by atoms with Gasteiger partial charge >= 0.3 is 0 Å². The molecule has 6 nitrogen and oxygen atoms in total. The Morgan fingerprint density at radius 3 is 2.60 bits per heavy atom. The fraction of sp³-hybridized carbons (Fsp3) is 0.500. The van der Waals surface area contributed by atoms with Crippen molar-refractivity contribution in [3.8, 4) is 0 Å². The van der Waals surface area contributed by atoms with Gasteiger partial charge in [-0.3, -0.25) is 14.2 Å². The number of rotatable bonds is 4. The average Bonchev–Trinajstić information content (AvgIpc) is 2.91. The molecule has 0 aliphatic rings. The van der Waals surface area contributed by atoms with E-state index in [9.17, 15) is 4.79 Å². The molecule has 20 heavy (non-hydrogen) atoms. The summed E-state index contributed by atoms with van der Waals surface area (Å²) in [5.41, 5.74) is 3.95. The number of hydrogen-bond donors (Lipinski definition) is 1. The molecule has 0 aliphatic heterocycles. The first kappa shape index (κ1) is 14.3. The number of nitrogens with one attached hydrogen (secondary N) is 1. The Labute approximate surface area is 118 Å². The molecule has 2 heterocycles. The van der Waals surface area contributed by atoms with Crippen LogP contribution >= 0.6 is 0 Å². The molecule has 1 atom stereocenters. The number of hydrogen-bond acceptors (Lipinski definition) is 3. The first-order valence-electron chi connectivity index (χ1n) is 6.65. The van der Waals surface area contributed by atoms with Crippen molar-refractivity contribution >= 4 is 5.91 Å². The molecule has 6 heteroatoms. The Hall–Kier alpha value is -2.11. The standard InChI is InChI=1S/C14H21N5O/c1-9(13-10(2)17-19(5)11(13)3)14(20)15-6-12-7-16-18(4)8-12/h7-9H,6H2,1-5H3,(H,15,20). The summed E-state index contributed by atoms with van der Waals surface area (Å²) in [6.45, 7) is 6.33. The summed E-state index contributed by atoms with van der Waals surface area (Å²) in [6.07, 6.45) is 3.65. The summed E-state index contributed by atoms with van der Waals surface area (Å²) in [4.78, 5) is 12.3. The number of amides is 1. The van der Waals surface area contributed by atoms with Crippen molar-refractivity contribution in [3.05, 3.63) is 34.9 Å². The van der Waals surface area contributed by atoms with Crippen molar-refractivity contribution in [1.82, 2.24) is 24.9 Å². The zero-order valence-corrected chi connectivity index (χ0v) is 12.6. The summed E-state index contributed by atoms with van der Waals surface area (Å²) in [6, 6.07) is 0. The van der Waals surface area contributed by atoms with Crippen LogP contribution in [0.5, 0.6) is 0 Å². The Kier molecular flexibility index (Phi) is 3.92. The highest BCUT2D eigenvalue weighted by atomic mass is 16.1. The van der Waals surface area contributed by atoms with Gasteiger partial charge in [-0.15, -0.1) is 0 Å². The van der Waals surface area contributed by atoms with Crippen molar-refractivity contribution in [2.75, 3.05) is 0 Å². The van der Waals surface area contributed by atoms with Crippen LogP contribution in [0.2, 0.25) is 0 Å². The van der Waals surface area contributed by atoms with Gasteiger partial charge in [0.25, 0.3) is 0 Å². The van der Waals surface area contributed by atoms with Gasteiger partial charge in [-0.2, -0.15) is 10.2 Å². The van der Waals surface area contributed by atoms with Crippen molar-refractivity contribution in [2.24, 2.45) is 14.1 Å². The molecule has 2 aromatic heterocycles. The molecule has 0 aromatic carbocycles. The molecule has 0 fully saturated rings. The maximum Gasteiger partial charge on any atom is 0.227 e. The van der Waals surface area contributed by atoms with Crippen molar-refractivity contribution in [2.45, 2.75) is 33.2 Å². The van der Waals surface area contributed by atoms with Crippen LogP contribution in [0, 0.1) is 13.8 Å². The summed E-state index contributed by atoms with van der Waals surface area (Å²) in [5.74, 6) is -0.201. The van der Waals surface area contributed by atoms with E-state index in [0.717, 1.165) is 22.5 Å². The van der Waals surface area contributed by atoms with Crippen LogP contribution in [0.3, 0.4) is 0 Å². The maximum absolute atomic E-state index is 12.3. The van der Waals surface area contributed by atoms with E-state index in [4.69, 9.17) is 0 Å². The van der Waals surface area contributed by atoms with E-state index < -0.39 is 0 Å². The maximum atomic E-state index is 12.3.